The van der Waals surface area contributed by atoms with Crippen molar-refractivity contribution in [1.29, 1.82) is 0 Å². The summed E-state index contributed by atoms with van der Waals surface area (Å²) in [6.07, 6.45) is 0.653. The standard InChI is InChI=1S/C9H4ClFOS/c10-9-6(4-12)5-2-1-3-7(11)8(5)13-9/h1-4H. The highest BCUT2D eigenvalue weighted by Crippen LogP contribution is 2.35. The van der Waals surface area contributed by atoms with Gasteiger partial charge in [-0.05, 0) is 6.07 Å². The van der Waals surface area contributed by atoms with Crippen LogP contribution >= 0.6 is 22.9 Å². The highest BCUT2D eigenvalue weighted by atomic mass is 35.5. The molecule has 13 heavy (non-hydrogen) atoms. The van der Waals surface area contributed by atoms with E-state index in [9.17, 15) is 9.18 Å². The van der Waals surface area contributed by atoms with Gasteiger partial charge in [0.25, 0.3) is 0 Å². The summed E-state index contributed by atoms with van der Waals surface area (Å²) in [7, 11) is 0. The van der Waals surface area contributed by atoms with E-state index in [1.807, 2.05) is 0 Å². The van der Waals surface area contributed by atoms with Gasteiger partial charge in [-0.15, -0.1) is 11.3 Å². The number of carbonyl (C=O) groups is 1. The topological polar surface area (TPSA) is 17.1 Å². The van der Waals surface area contributed by atoms with Crippen molar-refractivity contribution in [3.8, 4) is 0 Å². The second kappa shape index (κ2) is 3.09. The quantitative estimate of drug-likeness (QED) is 0.664. The lowest BCUT2D eigenvalue weighted by atomic mass is 10.2. The van der Waals surface area contributed by atoms with Gasteiger partial charge in [0.15, 0.2) is 6.29 Å². The first-order chi connectivity index (χ1) is 6.24. The van der Waals surface area contributed by atoms with Gasteiger partial charge in [-0.3, -0.25) is 4.79 Å². The Morgan fingerprint density at radius 3 is 2.92 bits per heavy atom. The molecule has 0 aliphatic heterocycles. The first kappa shape index (κ1) is 8.66. The molecule has 0 saturated carbocycles. The largest absolute Gasteiger partial charge is 0.298 e. The second-order valence-corrected chi connectivity index (χ2v) is 4.15. The van der Waals surface area contributed by atoms with E-state index in [0.717, 1.165) is 11.3 Å². The van der Waals surface area contributed by atoms with Crippen molar-refractivity contribution in [3.63, 3.8) is 0 Å². The average molecular weight is 215 g/mol. The molecule has 1 nitrogen and oxygen atoms in total. The van der Waals surface area contributed by atoms with E-state index in [-0.39, 0.29) is 5.82 Å². The molecule has 1 aromatic heterocycles. The number of carbonyl (C=O) groups excluding carboxylic acids is 1. The molecule has 2 aromatic rings. The Labute approximate surface area is 82.7 Å². The summed E-state index contributed by atoms with van der Waals surface area (Å²) in [5.74, 6) is -0.336. The molecule has 2 rings (SSSR count). The van der Waals surface area contributed by atoms with Crippen molar-refractivity contribution in [2.24, 2.45) is 0 Å². The summed E-state index contributed by atoms with van der Waals surface area (Å²) in [5, 5.41) is 0.588. The number of aldehydes is 1. The summed E-state index contributed by atoms with van der Waals surface area (Å²) in [6, 6.07) is 4.60. The van der Waals surface area contributed by atoms with Gasteiger partial charge in [0.05, 0.1) is 10.3 Å². The minimum atomic E-state index is -0.336. The molecule has 0 amide bonds. The van der Waals surface area contributed by atoms with E-state index < -0.39 is 0 Å². The average Bonchev–Trinajstić information content (AvgIpc) is 2.43. The van der Waals surface area contributed by atoms with Crippen LogP contribution in [0.5, 0.6) is 0 Å². The Morgan fingerprint density at radius 2 is 2.23 bits per heavy atom. The third-order valence-electron chi connectivity index (χ3n) is 1.78. The third kappa shape index (κ3) is 1.24. The molecule has 0 aliphatic rings. The molecule has 0 saturated heterocycles. The van der Waals surface area contributed by atoms with Gasteiger partial charge < -0.3 is 0 Å². The van der Waals surface area contributed by atoms with Crippen molar-refractivity contribution >= 4 is 39.3 Å². The first-order valence-corrected chi connectivity index (χ1v) is 4.75. The summed E-state index contributed by atoms with van der Waals surface area (Å²) >= 11 is 6.85. The van der Waals surface area contributed by atoms with E-state index in [1.165, 1.54) is 6.07 Å². The molecule has 0 unspecified atom stereocenters. The zero-order valence-electron chi connectivity index (χ0n) is 6.38. The van der Waals surface area contributed by atoms with Crippen LogP contribution in [0, 0.1) is 5.82 Å². The molecule has 0 atom stereocenters. The number of thiophene rings is 1. The molecule has 0 aliphatic carbocycles. The third-order valence-corrected chi connectivity index (χ3v) is 3.23. The van der Waals surface area contributed by atoms with E-state index >= 15 is 0 Å². The number of hydrogen-bond acceptors (Lipinski definition) is 2. The molecule has 1 aromatic carbocycles. The van der Waals surface area contributed by atoms with Gasteiger partial charge in [0.1, 0.15) is 10.2 Å². The lowest BCUT2D eigenvalue weighted by Gasteiger charge is -1.90. The van der Waals surface area contributed by atoms with Gasteiger partial charge >= 0.3 is 0 Å². The molecule has 0 bridgehead atoms. The Kier molecular flexibility index (Phi) is 2.06. The van der Waals surface area contributed by atoms with Gasteiger partial charge in [-0.2, -0.15) is 0 Å². The molecule has 0 radical (unpaired) electrons. The zero-order chi connectivity index (χ0) is 9.42. The second-order valence-electron chi connectivity index (χ2n) is 2.52. The van der Waals surface area contributed by atoms with E-state index in [4.69, 9.17) is 11.6 Å². The molecule has 4 heteroatoms. The maximum atomic E-state index is 13.2. The first-order valence-electron chi connectivity index (χ1n) is 3.55. The van der Waals surface area contributed by atoms with Crippen LogP contribution < -0.4 is 0 Å². The summed E-state index contributed by atoms with van der Waals surface area (Å²) in [4.78, 5) is 10.6. The molecular formula is C9H4ClFOS. The van der Waals surface area contributed by atoms with Crippen LogP contribution in [-0.2, 0) is 0 Å². The fourth-order valence-corrected chi connectivity index (χ4v) is 2.46. The Bertz CT molecular complexity index is 478. The molecule has 0 fully saturated rings. The number of fused-ring (bicyclic) bond motifs is 1. The fourth-order valence-electron chi connectivity index (χ4n) is 1.18. The van der Waals surface area contributed by atoms with Crippen LogP contribution in [0.2, 0.25) is 4.34 Å². The maximum Gasteiger partial charge on any atom is 0.153 e. The van der Waals surface area contributed by atoms with E-state index in [2.05, 4.69) is 0 Å². The molecule has 66 valence electrons. The Balaban J connectivity index is 2.93. The van der Waals surface area contributed by atoms with Crippen molar-refractivity contribution in [3.05, 3.63) is 33.9 Å². The predicted molar refractivity (Wildman–Crippen MR) is 52.2 cm³/mol. The smallest absolute Gasteiger partial charge is 0.153 e. The summed E-state index contributed by atoms with van der Waals surface area (Å²) in [6.45, 7) is 0. The van der Waals surface area contributed by atoms with Crippen LogP contribution in [0.4, 0.5) is 4.39 Å². The number of rotatable bonds is 1. The van der Waals surface area contributed by atoms with Gasteiger partial charge in [0.2, 0.25) is 0 Å². The molecular weight excluding hydrogens is 211 g/mol. The minimum Gasteiger partial charge on any atom is -0.298 e. The minimum absolute atomic E-state index is 0.336. The highest BCUT2D eigenvalue weighted by molar-refractivity contribution is 7.23. The van der Waals surface area contributed by atoms with Crippen molar-refractivity contribution in [1.82, 2.24) is 0 Å². The summed E-state index contributed by atoms with van der Waals surface area (Å²) < 4.78 is 13.9. The van der Waals surface area contributed by atoms with Crippen LogP contribution in [0.15, 0.2) is 18.2 Å². The normalized spacial score (nSPS) is 10.6. The van der Waals surface area contributed by atoms with Crippen LogP contribution in [-0.4, -0.2) is 6.29 Å². The fraction of sp³-hybridized carbons (Fsp3) is 0. The monoisotopic (exact) mass is 214 g/mol. The number of halogens is 2. The van der Waals surface area contributed by atoms with Crippen LogP contribution in [0.3, 0.4) is 0 Å². The molecule has 0 N–H and O–H groups in total. The summed E-state index contributed by atoms with van der Waals surface area (Å²) in [5.41, 5.74) is 0.376. The molecule has 0 spiro atoms. The van der Waals surface area contributed by atoms with E-state index in [0.29, 0.717) is 26.3 Å². The lowest BCUT2D eigenvalue weighted by molar-refractivity contribution is 0.112. The number of benzene rings is 1. The SMILES string of the molecule is O=Cc1c(Cl)sc2c(F)cccc12. The van der Waals surface area contributed by atoms with Crippen molar-refractivity contribution in [2.45, 2.75) is 0 Å². The zero-order valence-corrected chi connectivity index (χ0v) is 7.95. The van der Waals surface area contributed by atoms with Gasteiger partial charge in [-0.25, -0.2) is 4.39 Å². The lowest BCUT2D eigenvalue weighted by Crippen LogP contribution is -1.77. The van der Waals surface area contributed by atoms with Crippen molar-refractivity contribution in [2.75, 3.05) is 0 Å². The van der Waals surface area contributed by atoms with Crippen LogP contribution in [0.25, 0.3) is 10.1 Å². The number of hydrogen-bond donors (Lipinski definition) is 0. The van der Waals surface area contributed by atoms with Crippen molar-refractivity contribution < 1.29 is 9.18 Å². The van der Waals surface area contributed by atoms with Crippen LogP contribution in [0.1, 0.15) is 10.4 Å². The van der Waals surface area contributed by atoms with E-state index in [1.54, 1.807) is 12.1 Å². The molecule has 1 heterocycles. The van der Waals surface area contributed by atoms with Gasteiger partial charge in [0, 0.05) is 5.39 Å². The Hall–Kier alpha value is -0.930. The Morgan fingerprint density at radius 1 is 1.46 bits per heavy atom. The van der Waals surface area contributed by atoms with Gasteiger partial charge in [-0.1, -0.05) is 23.7 Å². The highest BCUT2D eigenvalue weighted by Gasteiger charge is 2.11. The maximum absolute atomic E-state index is 13.2. The predicted octanol–water partition coefficient (Wildman–Crippen LogP) is 3.51.